The van der Waals surface area contributed by atoms with Crippen LogP contribution in [0.4, 0.5) is 0 Å². The van der Waals surface area contributed by atoms with Crippen molar-refractivity contribution in [1.82, 2.24) is 10.2 Å². The molecule has 3 fully saturated rings. The van der Waals surface area contributed by atoms with Gasteiger partial charge in [-0.25, -0.2) is 0 Å². The summed E-state index contributed by atoms with van der Waals surface area (Å²) >= 11 is 0. The maximum Gasteiger partial charge on any atom is 0.307 e. The van der Waals surface area contributed by atoms with Gasteiger partial charge in [0, 0.05) is 18.6 Å². The fourth-order valence-electron chi connectivity index (χ4n) is 4.11. The molecule has 0 radical (unpaired) electrons. The Hall–Kier alpha value is -1.10. The molecule has 2 aliphatic heterocycles. The van der Waals surface area contributed by atoms with Crippen LogP contribution in [0.5, 0.6) is 0 Å². The molecule has 0 bridgehead atoms. The normalized spacial score (nSPS) is 39.9. The molecule has 2 N–H and O–H groups in total. The van der Waals surface area contributed by atoms with Crippen molar-refractivity contribution in [3.8, 4) is 0 Å². The van der Waals surface area contributed by atoms with Crippen molar-refractivity contribution in [2.75, 3.05) is 13.1 Å². The first-order chi connectivity index (χ1) is 8.93. The third-order valence-corrected chi connectivity index (χ3v) is 5.31. The molecule has 0 aromatic rings. The summed E-state index contributed by atoms with van der Waals surface area (Å²) in [5.74, 6) is -1.79. The van der Waals surface area contributed by atoms with E-state index in [0.717, 1.165) is 25.9 Å². The molecule has 3 rings (SSSR count). The molecule has 106 valence electrons. The van der Waals surface area contributed by atoms with E-state index in [1.54, 1.807) is 0 Å². The average Bonchev–Trinajstić information content (AvgIpc) is 2.69. The molecule has 4 atom stereocenters. The van der Waals surface area contributed by atoms with Gasteiger partial charge in [-0.05, 0) is 31.2 Å². The molecule has 5 heteroatoms. The highest BCUT2D eigenvalue weighted by Crippen LogP contribution is 2.58. The van der Waals surface area contributed by atoms with Crippen LogP contribution in [0.2, 0.25) is 0 Å². The quantitative estimate of drug-likeness (QED) is 0.789. The van der Waals surface area contributed by atoms with Crippen LogP contribution >= 0.6 is 0 Å². The van der Waals surface area contributed by atoms with Gasteiger partial charge in [0.25, 0.3) is 0 Å². The second-order valence-electron chi connectivity index (χ2n) is 6.76. The minimum atomic E-state index is -0.848. The summed E-state index contributed by atoms with van der Waals surface area (Å²) in [4.78, 5) is 25.9. The van der Waals surface area contributed by atoms with Crippen molar-refractivity contribution in [3.63, 3.8) is 0 Å². The van der Waals surface area contributed by atoms with Crippen LogP contribution < -0.4 is 5.32 Å². The summed E-state index contributed by atoms with van der Waals surface area (Å²) in [6.07, 6.45) is 3.37. The van der Waals surface area contributed by atoms with E-state index < -0.39 is 17.3 Å². The standard InChI is InChI=1S/C14H22N2O3/c1-14(2)10(11(14)13(18)19)12(17)15-8-5-7-16-6-3-4-9(8)16/h8-11H,3-7H2,1-2H3,(H,15,17)(H,18,19). The van der Waals surface area contributed by atoms with E-state index in [2.05, 4.69) is 10.2 Å². The minimum absolute atomic E-state index is 0.0591. The molecule has 2 saturated heterocycles. The highest BCUT2D eigenvalue weighted by atomic mass is 16.4. The van der Waals surface area contributed by atoms with E-state index in [1.165, 1.54) is 6.42 Å². The van der Waals surface area contributed by atoms with Gasteiger partial charge in [-0.3, -0.25) is 14.5 Å². The average molecular weight is 266 g/mol. The fraction of sp³-hybridized carbons (Fsp3) is 0.857. The second kappa shape index (κ2) is 4.20. The third-order valence-electron chi connectivity index (χ3n) is 5.31. The number of rotatable bonds is 3. The van der Waals surface area contributed by atoms with Crippen LogP contribution in [0.1, 0.15) is 33.1 Å². The van der Waals surface area contributed by atoms with Gasteiger partial charge in [0.2, 0.25) is 5.91 Å². The van der Waals surface area contributed by atoms with E-state index in [-0.39, 0.29) is 17.9 Å². The van der Waals surface area contributed by atoms with Gasteiger partial charge < -0.3 is 10.4 Å². The number of carbonyl (C=O) groups is 2. The topological polar surface area (TPSA) is 69.6 Å². The first-order valence-electron chi connectivity index (χ1n) is 7.20. The summed E-state index contributed by atoms with van der Waals surface area (Å²) in [6.45, 7) is 5.94. The summed E-state index contributed by atoms with van der Waals surface area (Å²) in [7, 11) is 0. The molecular formula is C14H22N2O3. The smallest absolute Gasteiger partial charge is 0.307 e. The lowest BCUT2D eigenvalue weighted by Crippen LogP contribution is -2.43. The Bertz CT molecular complexity index is 421. The van der Waals surface area contributed by atoms with E-state index in [1.807, 2.05) is 13.8 Å². The Morgan fingerprint density at radius 1 is 1.21 bits per heavy atom. The van der Waals surface area contributed by atoms with Crippen molar-refractivity contribution in [2.45, 2.75) is 45.2 Å². The summed E-state index contributed by atoms with van der Waals surface area (Å²) in [6, 6.07) is 0.704. The van der Waals surface area contributed by atoms with E-state index in [9.17, 15) is 9.59 Å². The van der Waals surface area contributed by atoms with Crippen LogP contribution in [0.25, 0.3) is 0 Å². The predicted octanol–water partition coefficient (Wildman–Crippen LogP) is 0.696. The van der Waals surface area contributed by atoms with Gasteiger partial charge in [-0.2, -0.15) is 0 Å². The molecule has 19 heavy (non-hydrogen) atoms. The number of hydrogen-bond acceptors (Lipinski definition) is 3. The lowest BCUT2D eigenvalue weighted by Gasteiger charge is -2.21. The lowest BCUT2D eigenvalue weighted by molar-refractivity contribution is -0.140. The number of nitrogens with zero attached hydrogens (tertiary/aromatic N) is 1. The fourth-order valence-corrected chi connectivity index (χ4v) is 4.11. The Labute approximate surface area is 113 Å². The van der Waals surface area contributed by atoms with Gasteiger partial charge in [0.15, 0.2) is 0 Å². The van der Waals surface area contributed by atoms with Gasteiger partial charge in [-0.15, -0.1) is 0 Å². The number of carboxylic acid groups (broad SMARTS) is 1. The Kier molecular flexibility index (Phi) is 2.85. The number of aliphatic carboxylic acids is 1. The molecule has 4 unspecified atom stereocenters. The molecular weight excluding hydrogens is 244 g/mol. The third kappa shape index (κ3) is 1.95. The molecule has 1 amide bonds. The SMILES string of the molecule is CC1(C)C(C(=O)O)C1C(=O)NC1CCN2CCCC12. The number of hydrogen-bond donors (Lipinski definition) is 2. The van der Waals surface area contributed by atoms with Crippen molar-refractivity contribution < 1.29 is 14.7 Å². The number of amides is 1. The number of fused-ring (bicyclic) bond motifs is 1. The largest absolute Gasteiger partial charge is 0.481 e. The molecule has 0 aromatic carbocycles. The van der Waals surface area contributed by atoms with E-state index in [4.69, 9.17) is 5.11 Å². The van der Waals surface area contributed by atoms with Crippen LogP contribution in [0.15, 0.2) is 0 Å². The Morgan fingerprint density at radius 3 is 2.58 bits per heavy atom. The summed E-state index contributed by atoms with van der Waals surface area (Å²) in [5, 5.41) is 12.2. The highest BCUT2D eigenvalue weighted by molar-refractivity contribution is 5.91. The summed E-state index contributed by atoms with van der Waals surface area (Å²) < 4.78 is 0. The lowest BCUT2D eigenvalue weighted by atomic mass is 10.1. The zero-order valence-electron chi connectivity index (χ0n) is 11.6. The van der Waals surface area contributed by atoms with Gasteiger partial charge in [-0.1, -0.05) is 13.8 Å². The number of carboxylic acids is 1. The first-order valence-corrected chi connectivity index (χ1v) is 7.20. The van der Waals surface area contributed by atoms with Gasteiger partial charge in [0.05, 0.1) is 11.8 Å². The second-order valence-corrected chi connectivity index (χ2v) is 6.76. The molecule has 1 aliphatic carbocycles. The van der Waals surface area contributed by atoms with Crippen LogP contribution in [-0.4, -0.2) is 47.1 Å². The summed E-state index contributed by atoms with van der Waals surface area (Å²) in [5.41, 5.74) is -0.399. The Morgan fingerprint density at radius 2 is 1.95 bits per heavy atom. The van der Waals surface area contributed by atoms with Crippen molar-refractivity contribution in [1.29, 1.82) is 0 Å². The predicted molar refractivity (Wildman–Crippen MR) is 69.5 cm³/mol. The maximum atomic E-state index is 12.3. The Balaban J connectivity index is 1.62. The number of carbonyl (C=O) groups excluding carboxylic acids is 1. The van der Waals surface area contributed by atoms with Crippen LogP contribution in [-0.2, 0) is 9.59 Å². The monoisotopic (exact) mass is 266 g/mol. The zero-order valence-corrected chi connectivity index (χ0v) is 11.6. The number of nitrogens with one attached hydrogen (secondary N) is 1. The minimum Gasteiger partial charge on any atom is -0.481 e. The van der Waals surface area contributed by atoms with Crippen molar-refractivity contribution in [3.05, 3.63) is 0 Å². The molecule has 2 heterocycles. The molecule has 0 aromatic heterocycles. The molecule has 3 aliphatic rings. The van der Waals surface area contributed by atoms with E-state index in [0.29, 0.717) is 6.04 Å². The van der Waals surface area contributed by atoms with Gasteiger partial charge in [0.1, 0.15) is 0 Å². The van der Waals surface area contributed by atoms with Crippen molar-refractivity contribution in [2.24, 2.45) is 17.3 Å². The zero-order chi connectivity index (χ0) is 13.8. The van der Waals surface area contributed by atoms with Crippen LogP contribution in [0.3, 0.4) is 0 Å². The maximum absolute atomic E-state index is 12.3. The molecule has 1 saturated carbocycles. The van der Waals surface area contributed by atoms with Crippen molar-refractivity contribution >= 4 is 11.9 Å². The highest BCUT2D eigenvalue weighted by Gasteiger charge is 2.66. The molecule has 5 nitrogen and oxygen atoms in total. The van der Waals surface area contributed by atoms with Crippen LogP contribution in [0, 0.1) is 17.3 Å². The molecule has 0 spiro atoms. The van der Waals surface area contributed by atoms with Gasteiger partial charge >= 0.3 is 5.97 Å². The first kappa shape index (κ1) is 12.9. The van der Waals surface area contributed by atoms with E-state index >= 15 is 0 Å².